The largest absolute Gasteiger partial charge is 0.497 e. The van der Waals surface area contributed by atoms with Gasteiger partial charge in [-0.2, -0.15) is 0 Å². The van der Waals surface area contributed by atoms with Gasteiger partial charge in [-0.15, -0.1) is 0 Å². The molecule has 0 radical (unpaired) electrons. The summed E-state index contributed by atoms with van der Waals surface area (Å²) >= 11 is 0. The van der Waals surface area contributed by atoms with Crippen molar-refractivity contribution in [2.24, 2.45) is 0 Å². The molecule has 0 bridgehead atoms. The first kappa shape index (κ1) is 10.5. The Bertz CT molecular complexity index is 494. The SMILES string of the molecule is COc1ccc(C(=O)c2occc2C)cc1. The van der Waals surface area contributed by atoms with E-state index >= 15 is 0 Å². The minimum Gasteiger partial charge on any atom is -0.497 e. The molecule has 0 amide bonds. The van der Waals surface area contributed by atoms with Crippen LogP contribution in [0.15, 0.2) is 41.0 Å². The van der Waals surface area contributed by atoms with Crippen molar-refractivity contribution >= 4 is 5.78 Å². The third-order valence-electron chi connectivity index (χ3n) is 2.42. The lowest BCUT2D eigenvalue weighted by molar-refractivity contribution is 0.101. The third kappa shape index (κ3) is 1.84. The molecule has 1 aromatic heterocycles. The van der Waals surface area contributed by atoms with E-state index in [0.717, 1.165) is 11.3 Å². The Labute approximate surface area is 93.7 Å². The van der Waals surface area contributed by atoms with Crippen LogP contribution in [-0.2, 0) is 0 Å². The van der Waals surface area contributed by atoms with Crippen LogP contribution >= 0.6 is 0 Å². The molecule has 0 spiro atoms. The van der Waals surface area contributed by atoms with E-state index in [2.05, 4.69) is 0 Å². The van der Waals surface area contributed by atoms with Crippen LogP contribution in [0.25, 0.3) is 0 Å². The van der Waals surface area contributed by atoms with Crippen molar-refractivity contribution in [1.29, 1.82) is 0 Å². The second-order valence-corrected chi connectivity index (χ2v) is 3.49. The molecule has 0 fully saturated rings. The second kappa shape index (κ2) is 4.23. The Morgan fingerprint density at radius 3 is 2.38 bits per heavy atom. The molecule has 82 valence electrons. The van der Waals surface area contributed by atoms with E-state index < -0.39 is 0 Å². The van der Waals surface area contributed by atoms with Crippen LogP contribution in [0.2, 0.25) is 0 Å². The number of aryl methyl sites for hydroxylation is 1. The second-order valence-electron chi connectivity index (χ2n) is 3.49. The van der Waals surface area contributed by atoms with Crippen molar-refractivity contribution in [2.75, 3.05) is 7.11 Å². The molecule has 0 saturated heterocycles. The maximum Gasteiger partial charge on any atom is 0.228 e. The molecule has 2 rings (SSSR count). The van der Waals surface area contributed by atoms with Crippen LogP contribution in [0, 0.1) is 6.92 Å². The molecule has 0 unspecified atom stereocenters. The topological polar surface area (TPSA) is 39.4 Å². The molecular weight excluding hydrogens is 204 g/mol. The highest BCUT2D eigenvalue weighted by molar-refractivity contribution is 6.07. The van der Waals surface area contributed by atoms with Crippen molar-refractivity contribution in [3.63, 3.8) is 0 Å². The number of rotatable bonds is 3. The molecule has 16 heavy (non-hydrogen) atoms. The average molecular weight is 216 g/mol. The van der Waals surface area contributed by atoms with Crippen LogP contribution in [-0.4, -0.2) is 12.9 Å². The number of ether oxygens (including phenoxy) is 1. The number of ketones is 1. The van der Waals surface area contributed by atoms with Crippen LogP contribution in [0.4, 0.5) is 0 Å². The fourth-order valence-corrected chi connectivity index (χ4v) is 1.48. The molecule has 0 aliphatic heterocycles. The van der Waals surface area contributed by atoms with Crippen molar-refractivity contribution in [3.8, 4) is 5.75 Å². The molecule has 0 saturated carbocycles. The summed E-state index contributed by atoms with van der Waals surface area (Å²) < 4.78 is 10.2. The van der Waals surface area contributed by atoms with E-state index in [1.165, 1.54) is 6.26 Å². The normalized spacial score (nSPS) is 10.1. The van der Waals surface area contributed by atoms with Crippen molar-refractivity contribution in [2.45, 2.75) is 6.92 Å². The first-order chi connectivity index (χ1) is 7.72. The smallest absolute Gasteiger partial charge is 0.228 e. The lowest BCUT2D eigenvalue weighted by atomic mass is 10.1. The van der Waals surface area contributed by atoms with Gasteiger partial charge in [0, 0.05) is 5.56 Å². The summed E-state index contributed by atoms with van der Waals surface area (Å²) in [7, 11) is 1.59. The zero-order chi connectivity index (χ0) is 11.5. The van der Waals surface area contributed by atoms with E-state index in [-0.39, 0.29) is 5.78 Å². The Morgan fingerprint density at radius 1 is 1.19 bits per heavy atom. The minimum atomic E-state index is -0.106. The van der Waals surface area contributed by atoms with E-state index in [1.807, 2.05) is 6.92 Å². The van der Waals surface area contributed by atoms with Gasteiger partial charge in [-0.1, -0.05) is 0 Å². The van der Waals surface area contributed by atoms with Gasteiger partial charge in [-0.25, -0.2) is 0 Å². The monoisotopic (exact) mass is 216 g/mol. The molecule has 0 N–H and O–H groups in total. The average Bonchev–Trinajstić information content (AvgIpc) is 2.75. The summed E-state index contributed by atoms with van der Waals surface area (Å²) in [5.74, 6) is 1.02. The molecule has 3 heteroatoms. The van der Waals surface area contributed by atoms with Crippen LogP contribution in [0.3, 0.4) is 0 Å². The zero-order valence-corrected chi connectivity index (χ0v) is 9.19. The zero-order valence-electron chi connectivity index (χ0n) is 9.19. The molecule has 1 heterocycles. The lowest BCUT2D eigenvalue weighted by Gasteiger charge is -2.01. The highest BCUT2D eigenvalue weighted by Gasteiger charge is 2.14. The number of hydrogen-bond donors (Lipinski definition) is 0. The van der Waals surface area contributed by atoms with Crippen molar-refractivity contribution in [3.05, 3.63) is 53.5 Å². The van der Waals surface area contributed by atoms with Gasteiger partial charge >= 0.3 is 0 Å². The maximum absolute atomic E-state index is 12.0. The van der Waals surface area contributed by atoms with Gasteiger partial charge in [-0.05, 0) is 42.8 Å². The van der Waals surface area contributed by atoms with Gasteiger partial charge in [0.25, 0.3) is 0 Å². The van der Waals surface area contributed by atoms with Gasteiger partial charge in [0.2, 0.25) is 5.78 Å². The predicted molar refractivity (Wildman–Crippen MR) is 59.9 cm³/mol. The summed E-state index contributed by atoms with van der Waals surface area (Å²) in [5, 5.41) is 0. The quantitative estimate of drug-likeness (QED) is 0.740. The number of carbonyl (C=O) groups is 1. The first-order valence-electron chi connectivity index (χ1n) is 4.95. The summed E-state index contributed by atoms with van der Waals surface area (Å²) in [4.78, 5) is 12.0. The van der Waals surface area contributed by atoms with Gasteiger partial charge in [0.15, 0.2) is 5.76 Å². The molecule has 1 aromatic carbocycles. The summed E-state index contributed by atoms with van der Waals surface area (Å²) in [6, 6.07) is 8.74. The van der Waals surface area contributed by atoms with Gasteiger partial charge in [0.1, 0.15) is 5.75 Å². The number of furan rings is 1. The first-order valence-corrected chi connectivity index (χ1v) is 4.95. The number of benzene rings is 1. The number of hydrogen-bond acceptors (Lipinski definition) is 3. The summed E-state index contributed by atoms with van der Waals surface area (Å²) in [5.41, 5.74) is 1.44. The molecular formula is C13H12O3. The molecule has 0 aliphatic rings. The fraction of sp³-hybridized carbons (Fsp3) is 0.154. The van der Waals surface area contributed by atoms with Gasteiger partial charge < -0.3 is 9.15 Å². The Kier molecular flexibility index (Phi) is 2.77. The Morgan fingerprint density at radius 2 is 1.88 bits per heavy atom. The van der Waals surface area contributed by atoms with Gasteiger partial charge in [0.05, 0.1) is 13.4 Å². The lowest BCUT2D eigenvalue weighted by Crippen LogP contribution is -2.01. The van der Waals surface area contributed by atoms with Crippen molar-refractivity contribution < 1.29 is 13.9 Å². The minimum absolute atomic E-state index is 0.106. The molecule has 3 nitrogen and oxygen atoms in total. The van der Waals surface area contributed by atoms with E-state index in [0.29, 0.717) is 11.3 Å². The summed E-state index contributed by atoms with van der Waals surface area (Å²) in [6.45, 7) is 1.85. The van der Waals surface area contributed by atoms with Crippen molar-refractivity contribution in [1.82, 2.24) is 0 Å². The van der Waals surface area contributed by atoms with Crippen LogP contribution in [0.1, 0.15) is 21.7 Å². The Hall–Kier alpha value is -2.03. The van der Waals surface area contributed by atoms with E-state index in [1.54, 1.807) is 37.4 Å². The molecule has 2 aromatic rings. The van der Waals surface area contributed by atoms with Gasteiger partial charge in [-0.3, -0.25) is 4.79 Å². The highest BCUT2D eigenvalue weighted by atomic mass is 16.5. The standard InChI is InChI=1S/C13H12O3/c1-9-7-8-16-13(9)12(14)10-3-5-11(15-2)6-4-10/h3-8H,1-2H3. The number of carbonyl (C=O) groups excluding carboxylic acids is 1. The molecule has 0 aliphatic carbocycles. The number of methoxy groups -OCH3 is 1. The summed E-state index contributed by atoms with van der Waals surface area (Å²) in [6.07, 6.45) is 1.52. The maximum atomic E-state index is 12.0. The highest BCUT2D eigenvalue weighted by Crippen LogP contribution is 2.17. The van der Waals surface area contributed by atoms with E-state index in [4.69, 9.17) is 9.15 Å². The van der Waals surface area contributed by atoms with E-state index in [9.17, 15) is 4.79 Å². The Balaban J connectivity index is 2.31. The fourth-order valence-electron chi connectivity index (χ4n) is 1.48. The third-order valence-corrected chi connectivity index (χ3v) is 2.42. The molecule has 0 atom stereocenters. The van der Waals surface area contributed by atoms with Crippen LogP contribution in [0.5, 0.6) is 5.75 Å². The van der Waals surface area contributed by atoms with Crippen LogP contribution < -0.4 is 4.74 Å². The predicted octanol–water partition coefficient (Wildman–Crippen LogP) is 2.83.